The molecule has 20 heavy (non-hydrogen) atoms. The van der Waals surface area contributed by atoms with E-state index in [4.69, 9.17) is 0 Å². The molecule has 0 unspecified atom stereocenters. The molecule has 116 valence electrons. The molecule has 2 rings (SSSR count). The zero-order chi connectivity index (χ0) is 14.6. The van der Waals surface area contributed by atoms with Gasteiger partial charge in [0, 0.05) is 18.0 Å². The second-order valence-electron chi connectivity index (χ2n) is 6.26. The first-order valence-electron chi connectivity index (χ1n) is 7.63. The normalized spacial score (nSPS) is 26.1. The van der Waals surface area contributed by atoms with Crippen molar-refractivity contribution in [1.82, 2.24) is 10.6 Å². The van der Waals surface area contributed by atoms with Gasteiger partial charge < -0.3 is 10.6 Å². The highest BCUT2D eigenvalue weighted by atomic mass is 32.2. The van der Waals surface area contributed by atoms with Crippen molar-refractivity contribution in [3.05, 3.63) is 0 Å². The summed E-state index contributed by atoms with van der Waals surface area (Å²) in [5.74, 6) is 0.468. The van der Waals surface area contributed by atoms with Crippen molar-refractivity contribution in [2.75, 3.05) is 18.6 Å². The standard InChI is InChI=1S/C14H26N2O3S/c1-15-14(7-3-2-4-8-14)11-13(17)16-12-5-9-20(18,19)10-6-12/h12,15H,2-11H2,1H3,(H,16,17). The maximum atomic E-state index is 12.2. The lowest BCUT2D eigenvalue weighted by Gasteiger charge is -2.37. The van der Waals surface area contributed by atoms with Crippen molar-refractivity contribution in [1.29, 1.82) is 0 Å². The van der Waals surface area contributed by atoms with Gasteiger partial charge in [-0.15, -0.1) is 0 Å². The maximum Gasteiger partial charge on any atom is 0.222 e. The fourth-order valence-corrected chi connectivity index (χ4v) is 4.86. The van der Waals surface area contributed by atoms with Crippen molar-refractivity contribution >= 4 is 15.7 Å². The maximum absolute atomic E-state index is 12.2. The fraction of sp³-hybridized carbons (Fsp3) is 0.929. The number of amides is 1. The van der Waals surface area contributed by atoms with E-state index in [1.165, 1.54) is 19.3 Å². The first-order valence-corrected chi connectivity index (χ1v) is 9.46. The Morgan fingerprint density at radius 1 is 1.15 bits per heavy atom. The van der Waals surface area contributed by atoms with Crippen molar-refractivity contribution in [3.63, 3.8) is 0 Å². The lowest BCUT2D eigenvalue weighted by molar-refractivity contribution is -0.123. The monoisotopic (exact) mass is 302 g/mol. The second-order valence-corrected chi connectivity index (χ2v) is 8.57. The average molecular weight is 302 g/mol. The van der Waals surface area contributed by atoms with E-state index in [2.05, 4.69) is 10.6 Å². The molecule has 1 saturated carbocycles. The van der Waals surface area contributed by atoms with E-state index in [-0.39, 0.29) is 29.0 Å². The number of hydrogen-bond acceptors (Lipinski definition) is 4. The van der Waals surface area contributed by atoms with Crippen molar-refractivity contribution < 1.29 is 13.2 Å². The topological polar surface area (TPSA) is 75.3 Å². The van der Waals surface area contributed by atoms with Gasteiger partial charge in [-0.3, -0.25) is 4.79 Å². The number of sulfone groups is 1. The van der Waals surface area contributed by atoms with E-state index in [1.54, 1.807) is 0 Å². The van der Waals surface area contributed by atoms with E-state index in [0.29, 0.717) is 19.3 Å². The van der Waals surface area contributed by atoms with Crippen molar-refractivity contribution in [3.8, 4) is 0 Å². The summed E-state index contributed by atoms with van der Waals surface area (Å²) in [5.41, 5.74) is -0.0525. The number of carbonyl (C=O) groups excluding carboxylic acids is 1. The Morgan fingerprint density at radius 2 is 1.75 bits per heavy atom. The molecule has 0 bridgehead atoms. The Labute approximate surface area is 121 Å². The molecule has 0 radical (unpaired) electrons. The first kappa shape index (κ1) is 15.8. The van der Waals surface area contributed by atoms with Gasteiger partial charge in [0.2, 0.25) is 5.91 Å². The fourth-order valence-electron chi connectivity index (χ4n) is 3.36. The van der Waals surface area contributed by atoms with Crippen LogP contribution in [0, 0.1) is 0 Å². The predicted molar refractivity (Wildman–Crippen MR) is 79.3 cm³/mol. The molecule has 0 spiro atoms. The van der Waals surface area contributed by atoms with Crippen molar-refractivity contribution in [2.45, 2.75) is 62.9 Å². The van der Waals surface area contributed by atoms with Gasteiger partial charge in [0.25, 0.3) is 0 Å². The Balaban J connectivity index is 1.83. The van der Waals surface area contributed by atoms with Crippen LogP contribution in [-0.4, -0.2) is 44.5 Å². The Hall–Kier alpha value is -0.620. The largest absolute Gasteiger partial charge is 0.353 e. The van der Waals surface area contributed by atoms with E-state index < -0.39 is 9.84 Å². The molecule has 0 aromatic carbocycles. The first-order chi connectivity index (χ1) is 9.45. The number of hydrogen-bond donors (Lipinski definition) is 2. The molecule has 6 heteroatoms. The molecule has 0 atom stereocenters. The SMILES string of the molecule is CNC1(CC(=O)NC2CCS(=O)(=O)CC2)CCCCC1. The molecule has 1 aliphatic carbocycles. The third kappa shape index (κ3) is 4.19. The molecule has 0 aromatic heterocycles. The second kappa shape index (κ2) is 6.43. The van der Waals surface area contributed by atoms with Crippen LogP contribution < -0.4 is 10.6 Å². The molecule has 2 aliphatic rings. The molecule has 2 N–H and O–H groups in total. The van der Waals surface area contributed by atoms with Gasteiger partial charge in [-0.1, -0.05) is 19.3 Å². The van der Waals surface area contributed by atoms with Crippen LogP contribution in [-0.2, 0) is 14.6 Å². The molecular formula is C14H26N2O3S. The number of rotatable bonds is 4. The Morgan fingerprint density at radius 3 is 2.30 bits per heavy atom. The van der Waals surface area contributed by atoms with Crippen LogP contribution >= 0.6 is 0 Å². The molecule has 1 amide bonds. The van der Waals surface area contributed by atoms with Crippen LogP contribution in [0.1, 0.15) is 51.4 Å². The van der Waals surface area contributed by atoms with Gasteiger partial charge in [-0.2, -0.15) is 0 Å². The molecule has 1 heterocycles. The van der Waals surface area contributed by atoms with Gasteiger partial charge in [-0.25, -0.2) is 8.42 Å². The Bertz CT molecular complexity index is 427. The summed E-state index contributed by atoms with van der Waals surface area (Å²) >= 11 is 0. The zero-order valence-corrected chi connectivity index (χ0v) is 13.1. The highest BCUT2D eigenvalue weighted by molar-refractivity contribution is 7.91. The van der Waals surface area contributed by atoms with Crippen LogP contribution in [0.5, 0.6) is 0 Å². The predicted octanol–water partition coefficient (Wildman–Crippen LogP) is 0.992. The summed E-state index contributed by atoms with van der Waals surface area (Å²) in [4.78, 5) is 12.2. The lowest BCUT2D eigenvalue weighted by Crippen LogP contribution is -2.50. The highest BCUT2D eigenvalue weighted by Gasteiger charge is 2.33. The molecule has 0 aromatic rings. The molecule has 1 saturated heterocycles. The lowest BCUT2D eigenvalue weighted by atomic mass is 9.79. The van der Waals surface area contributed by atoms with Gasteiger partial charge in [0.05, 0.1) is 11.5 Å². The zero-order valence-electron chi connectivity index (χ0n) is 12.3. The molecule has 2 fully saturated rings. The summed E-state index contributed by atoms with van der Waals surface area (Å²) in [5, 5.41) is 6.36. The van der Waals surface area contributed by atoms with Gasteiger partial charge in [0.15, 0.2) is 0 Å². The van der Waals surface area contributed by atoms with E-state index in [9.17, 15) is 13.2 Å². The average Bonchev–Trinajstić information content (AvgIpc) is 2.42. The number of nitrogens with one attached hydrogen (secondary N) is 2. The smallest absolute Gasteiger partial charge is 0.222 e. The van der Waals surface area contributed by atoms with E-state index >= 15 is 0 Å². The van der Waals surface area contributed by atoms with Crippen LogP contribution in [0.4, 0.5) is 0 Å². The molecule has 1 aliphatic heterocycles. The molecular weight excluding hydrogens is 276 g/mol. The minimum Gasteiger partial charge on any atom is -0.353 e. The van der Waals surface area contributed by atoms with Crippen LogP contribution in [0.2, 0.25) is 0 Å². The summed E-state index contributed by atoms with van der Waals surface area (Å²) in [7, 11) is -0.923. The summed E-state index contributed by atoms with van der Waals surface area (Å²) in [6.45, 7) is 0. The third-order valence-corrected chi connectivity index (χ3v) is 6.48. The quantitative estimate of drug-likeness (QED) is 0.812. The summed E-state index contributed by atoms with van der Waals surface area (Å²) in [6.07, 6.45) is 7.33. The molecule has 5 nitrogen and oxygen atoms in total. The van der Waals surface area contributed by atoms with E-state index in [1.807, 2.05) is 7.05 Å². The van der Waals surface area contributed by atoms with Crippen molar-refractivity contribution in [2.24, 2.45) is 0 Å². The van der Waals surface area contributed by atoms with Crippen LogP contribution in [0.3, 0.4) is 0 Å². The van der Waals surface area contributed by atoms with Crippen LogP contribution in [0.15, 0.2) is 0 Å². The number of carbonyl (C=O) groups is 1. The van der Waals surface area contributed by atoms with Gasteiger partial charge >= 0.3 is 0 Å². The Kier molecular flexibility index (Phi) is 5.07. The summed E-state index contributed by atoms with van der Waals surface area (Å²) < 4.78 is 22.7. The van der Waals surface area contributed by atoms with Gasteiger partial charge in [-0.05, 0) is 32.7 Å². The summed E-state index contributed by atoms with van der Waals surface area (Å²) in [6, 6.07) is 0.0310. The minimum atomic E-state index is -2.86. The third-order valence-electron chi connectivity index (χ3n) is 4.76. The highest BCUT2D eigenvalue weighted by Crippen LogP contribution is 2.30. The van der Waals surface area contributed by atoms with Crippen LogP contribution in [0.25, 0.3) is 0 Å². The minimum absolute atomic E-state index is 0.0310. The van der Waals surface area contributed by atoms with Gasteiger partial charge in [0.1, 0.15) is 9.84 Å². The van der Waals surface area contributed by atoms with E-state index in [0.717, 1.165) is 12.8 Å².